The van der Waals surface area contributed by atoms with Gasteiger partial charge in [0.2, 0.25) is 17.8 Å². The van der Waals surface area contributed by atoms with Crippen LogP contribution in [-0.2, 0) is 4.74 Å². The Bertz CT molecular complexity index is 746. The first-order valence-electron chi connectivity index (χ1n) is 6.46. The third-order valence-corrected chi connectivity index (χ3v) is 3.58. The highest BCUT2D eigenvalue weighted by atomic mass is 16.6. The number of aliphatic hydroxyl groups is 3. The molecule has 3 heterocycles. The quantitative estimate of drug-likeness (QED) is 0.434. The minimum atomic E-state index is -1.24. The first-order chi connectivity index (χ1) is 10.6. The Morgan fingerprint density at radius 3 is 2.86 bits per heavy atom. The SMILES string of the molecule is N#C[B][n+]1cnc2c(ncn2[C@@H]2O[C@H](CO)[C@@H](O)[C@@H]2O)c1N. The molecule has 2 aromatic heterocycles. The minimum Gasteiger partial charge on any atom is -0.394 e. The molecule has 1 radical (unpaired) electrons. The second kappa shape index (κ2) is 5.50. The molecule has 11 heteroatoms. The third kappa shape index (κ3) is 2.09. The van der Waals surface area contributed by atoms with Gasteiger partial charge >= 0.3 is 7.41 Å². The lowest BCUT2D eigenvalue weighted by molar-refractivity contribution is -0.513. The molecule has 113 valence electrons. The number of nitrogens with zero attached hydrogens (tertiary/aromatic N) is 5. The standard InChI is InChI=1S/C11H13BN6O4/c13-2-12-18-4-16-10-6(9(18)14)15-3-17(10)11-8(21)7(20)5(1-19)22-11/h3-5,7-8,11,19-21H,1H2,(H2,14,16)/q+1/t5-,7-,8+,11-/m1/s1. The van der Waals surface area contributed by atoms with Crippen LogP contribution in [0, 0.1) is 11.2 Å². The molecule has 0 amide bonds. The maximum absolute atomic E-state index is 10.1. The number of aromatic nitrogens is 4. The number of ether oxygens (including phenoxy) is 1. The molecule has 1 aliphatic rings. The lowest BCUT2D eigenvalue weighted by Gasteiger charge is -2.15. The van der Waals surface area contributed by atoms with E-state index in [1.807, 2.05) is 5.97 Å². The maximum atomic E-state index is 10.1. The lowest BCUT2D eigenvalue weighted by atomic mass is 9.98. The van der Waals surface area contributed by atoms with E-state index in [-0.39, 0.29) is 5.82 Å². The average molecular weight is 304 g/mol. The van der Waals surface area contributed by atoms with Crippen LogP contribution in [-0.4, -0.2) is 62.2 Å². The highest BCUT2D eigenvalue weighted by Crippen LogP contribution is 2.31. The van der Waals surface area contributed by atoms with Crippen molar-refractivity contribution in [2.75, 3.05) is 12.3 Å². The summed E-state index contributed by atoms with van der Waals surface area (Å²) >= 11 is 0. The van der Waals surface area contributed by atoms with E-state index in [0.717, 1.165) is 0 Å². The first-order valence-corrected chi connectivity index (χ1v) is 6.46. The number of nitrogen functional groups attached to an aromatic ring is 1. The number of hydrogen-bond acceptors (Lipinski definition) is 8. The highest BCUT2D eigenvalue weighted by molar-refractivity contribution is 6.35. The Morgan fingerprint density at radius 1 is 1.45 bits per heavy atom. The van der Waals surface area contributed by atoms with Crippen molar-refractivity contribution >= 4 is 24.4 Å². The summed E-state index contributed by atoms with van der Waals surface area (Å²) in [7, 11) is 1.17. The summed E-state index contributed by atoms with van der Waals surface area (Å²) in [5.74, 6) is 2.04. The van der Waals surface area contributed by atoms with Crippen molar-refractivity contribution in [2.45, 2.75) is 24.5 Å². The zero-order valence-electron chi connectivity index (χ0n) is 11.3. The Kier molecular flexibility index (Phi) is 3.67. The van der Waals surface area contributed by atoms with Crippen LogP contribution in [0.4, 0.5) is 5.82 Å². The highest BCUT2D eigenvalue weighted by Gasteiger charge is 2.44. The van der Waals surface area contributed by atoms with E-state index in [4.69, 9.17) is 20.8 Å². The van der Waals surface area contributed by atoms with Gasteiger partial charge in [0.05, 0.1) is 12.6 Å². The van der Waals surface area contributed by atoms with E-state index < -0.39 is 31.1 Å². The number of nitriles is 1. The van der Waals surface area contributed by atoms with E-state index in [9.17, 15) is 10.2 Å². The van der Waals surface area contributed by atoms with Crippen LogP contribution in [0.2, 0.25) is 0 Å². The number of imidazole rings is 1. The van der Waals surface area contributed by atoms with Gasteiger partial charge in [-0.1, -0.05) is 4.98 Å². The van der Waals surface area contributed by atoms with Gasteiger partial charge in [-0.15, -0.1) is 0 Å². The maximum Gasteiger partial charge on any atom is 0.485 e. The molecule has 0 spiro atoms. The molecule has 0 bridgehead atoms. The van der Waals surface area contributed by atoms with Crippen molar-refractivity contribution in [2.24, 2.45) is 0 Å². The molecule has 4 atom stereocenters. The fourth-order valence-corrected chi connectivity index (χ4v) is 2.43. The van der Waals surface area contributed by atoms with Crippen molar-refractivity contribution in [1.82, 2.24) is 14.5 Å². The van der Waals surface area contributed by atoms with Crippen molar-refractivity contribution < 1.29 is 24.5 Å². The monoisotopic (exact) mass is 304 g/mol. The Labute approximate surface area is 125 Å². The summed E-state index contributed by atoms with van der Waals surface area (Å²) < 4.78 is 8.17. The smallest absolute Gasteiger partial charge is 0.394 e. The molecule has 0 aliphatic carbocycles. The van der Waals surface area contributed by atoms with E-state index in [2.05, 4.69) is 9.97 Å². The molecule has 3 rings (SSSR count). The molecule has 0 saturated carbocycles. The molecular formula is C11H13BN6O4+. The summed E-state index contributed by atoms with van der Waals surface area (Å²) in [6.07, 6.45) is -1.60. The van der Waals surface area contributed by atoms with Crippen molar-refractivity contribution in [1.29, 1.82) is 5.26 Å². The van der Waals surface area contributed by atoms with Gasteiger partial charge < -0.3 is 25.8 Å². The van der Waals surface area contributed by atoms with E-state index in [1.165, 1.54) is 29.1 Å². The van der Waals surface area contributed by atoms with Crippen LogP contribution in [0.25, 0.3) is 11.2 Å². The molecule has 1 fully saturated rings. The van der Waals surface area contributed by atoms with E-state index in [0.29, 0.717) is 11.2 Å². The summed E-state index contributed by atoms with van der Waals surface area (Å²) in [5.41, 5.74) is 6.56. The molecule has 0 unspecified atom stereocenters. The molecule has 2 aromatic rings. The summed E-state index contributed by atoms with van der Waals surface area (Å²) in [5, 5.41) is 37.7. The second-order valence-electron chi connectivity index (χ2n) is 4.85. The van der Waals surface area contributed by atoms with Gasteiger partial charge in [0.25, 0.3) is 0 Å². The molecule has 0 aromatic carbocycles. The predicted molar refractivity (Wildman–Crippen MR) is 71.9 cm³/mol. The second-order valence-corrected chi connectivity index (χ2v) is 4.85. The van der Waals surface area contributed by atoms with Gasteiger partial charge in [0.15, 0.2) is 11.7 Å². The topological polar surface area (TPSA) is 154 Å². The molecule has 10 nitrogen and oxygen atoms in total. The number of anilines is 1. The van der Waals surface area contributed by atoms with Gasteiger partial charge in [-0.3, -0.25) is 9.05 Å². The zero-order chi connectivity index (χ0) is 15.9. The Balaban J connectivity index is 2.03. The fourth-order valence-electron chi connectivity index (χ4n) is 2.43. The Morgan fingerprint density at radius 2 is 2.23 bits per heavy atom. The van der Waals surface area contributed by atoms with Gasteiger partial charge in [0, 0.05) is 0 Å². The van der Waals surface area contributed by atoms with Crippen LogP contribution in [0.15, 0.2) is 12.7 Å². The largest absolute Gasteiger partial charge is 0.485 e. The number of fused-ring (bicyclic) bond motifs is 1. The van der Waals surface area contributed by atoms with Gasteiger partial charge in [0.1, 0.15) is 24.6 Å². The van der Waals surface area contributed by atoms with Crippen molar-refractivity contribution in [3.05, 3.63) is 12.7 Å². The number of hydrogen-bond donors (Lipinski definition) is 4. The molecule has 1 saturated heterocycles. The van der Waals surface area contributed by atoms with Crippen LogP contribution >= 0.6 is 0 Å². The fraction of sp³-hybridized carbons (Fsp3) is 0.455. The van der Waals surface area contributed by atoms with Gasteiger partial charge in [-0.2, -0.15) is 0 Å². The predicted octanol–water partition coefficient (Wildman–Crippen LogP) is -3.14. The van der Waals surface area contributed by atoms with Gasteiger partial charge in [-0.05, 0) is 0 Å². The number of rotatable bonds is 3. The third-order valence-electron chi connectivity index (χ3n) is 3.58. The summed E-state index contributed by atoms with van der Waals surface area (Å²) in [6, 6.07) is 0. The molecule has 5 N–H and O–H groups in total. The number of aliphatic hydroxyl groups excluding tert-OH is 3. The first kappa shape index (κ1) is 14.7. The van der Waals surface area contributed by atoms with Crippen LogP contribution < -0.4 is 10.2 Å². The zero-order valence-corrected chi connectivity index (χ0v) is 11.3. The van der Waals surface area contributed by atoms with E-state index >= 15 is 0 Å². The van der Waals surface area contributed by atoms with Crippen LogP contribution in [0.3, 0.4) is 0 Å². The van der Waals surface area contributed by atoms with E-state index in [1.54, 1.807) is 0 Å². The van der Waals surface area contributed by atoms with Crippen LogP contribution in [0.5, 0.6) is 0 Å². The Hall–Kier alpha value is -2.26. The van der Waals surface area contributed by atoms with Gasteiger partial charge in [-0.25, -0.2) is 10.2 Å². The van der Waals surface area contributed by atoms with Crippen LogP contribution in [0.1, 0.15) is 6.23 Å². The summed E-state index contributed by atoms with van der Waals surface area (Å²) in [4.78, 5) is 8.25. The molecular weight excluding hydrogens is 291 g/mol. The average Bonchev–Trinajstić information content (AvgIpc) is 3.05. The van der Waals surface area contributed by atoms with Crippen molar-refractivity contribution in [3.63, 3.8) is 0 Å². The lowest BCUT2D eigenvalue weighted by Crippen LogP contribution is -2.42. The molecule has 22 heavy (non-hydrogen) atoms. The van der Waals surface area contributed by atoms with Crippen molar-refractivity contribution in [3.8, 4) is 5.97 Å². The molecule has 1 aliphatic heterocycles. The normalized spacial score (nSPS) is 27.9. The minimum absolute atomic E-state index is 0.206. The summed E-state index contributed by atoms with van der Waals surface area (Å²) in [6.45, 7) is -0.423. The number of nitrogens with two attached hydrogens (primary N) is 1.